The number of rotatable bonds is 2. The molecule has 0 atom stereocenters. The van der Waals surface area contributed by atoms with E-state index in [1.807, 2.05) is 0 Å². The molecule has 0 saturated carbocycles. The smallest absolute Gasteiger partial charge is 0.228 e. The van der Waals surface area contributed by atoms with Gasteiger partial charge in [-0.3, -0.25) is 9.69 Å². The molecule has 0 aromatic carbocycles. The lowest BCUT2D eigenvalue weighted by molar-refractivity contribution is -0.117. The highest BCUT2D eigenvalue weighted by atomic mass is 32.1. The second-order valence-corrected chi connectivity index (χ2v) is 5.19. The van der Waals surface area contributed by atoms with E-state index in [-0.39, 0.29) is 5.91 Å². The highest BCUT2D eigenvalue weighted by Crippen LogP contribution is 2.29. The average molecular weight is 253 g/mol. The lowest BCUT2D eigenvalue weighted by atomic mass is 10.4. The maximum Gasteiger partial charge on any atom is 0.228 e. The molecule has 2 aliphatic rings. The van der Waals surface area contributed by atoms with Crippen molar-refractivity contribution in [3.63, 3.8) is 0 Å². The number of hydrogen-bond acceptors (Lipinski definition) is 6. The Labute approximate surface area is 104 Å². The van der Waals surface area contributed by atoms with Crippen molar-refractivity contribution in [2.45, 2.75) is 12.8 Å². The van der Waals surface area contributed by atoms with Crippen LogP contribution in [0.5, 0.6) is 0 Å². The highest BCUT2D eigenvalue weighted by Gasteiger charge is 2.26. The summed E-state index contributed by atoms with van der Waals surface area (Å²) >= 11 is 1.52. The Kier molecular flexibility index (Phi) is 2.94. The Morgan fingerprint density at radius 2 is 1.88 bits per heavy atom. The summed E-state index contributed by atoms with van der Waals surface area (Å²) in [7, 11) is 0. The van der Waals surface area contributed by atoms with E-state index in [1.54, 1.807) is 4.90 Å². The molecule has 2 saturated heterocycles. The Bertz CT molecular complexity index is 415. The van der Waals surface area contributed by atoms with E-state index in [0.29, 0.717) is 6.42 Å². The zero-order chi connectivity index (χ0) is 11.7. The van der Waals surface area contributed by atoms with E-state index in [4.69, 9.17) is 0 Å². The molecule has 0 spiro atoms. The summed E-state index contributed by atoms with van der Waals surface area (Å²) in [6.45, 7) is 4.68. The molecule has 0 aliphatic carbocycles. The Hall–Kier alpha value is -1.21. The largest absolute Gasteiger partial charge is 0.344 e. The van der Waals surface area contributed by atoms with Crippen LogP contribution in [-0.4, -0.2) is 48.8 Å². The number of nitrogens with one attached hydrogen (secondary N) is 1. The quantitative estimate of drug-likeness (QED) is 0.808. The number of carbonyl (C=O) groups excluding carboxylic acids is 1. The van der Waals surface area contributed by atoms with Gasteiger partial charge >= 0.3 is 0 Å². The highest BCUT2D eigenvalue weighted by molar-refractivity contribution is 7.19. The van der Waals surface area contributed by atoms with Crippen molar-refractivity contribution in [1.82, 2.24) is 15.5 Å². The van der Waals surface area contributed by atoms with Crippen LogP contribution in [0, 0.1) is 0 Å². The van der Waals surface area contributed by atoms with Crippen molar-refractivity contribution in [2.24, 2.45) is 0 Å². The SMILES string of the molecule is O=C1CCCN1c1nnc(N2CCNCC2)s1. The van der Waals surface area contributed by atoms with Gasteiger partial charge in [-0.15, -0.1) is 10.2 Å². The molecule has 1 amide bonds. The first-order valence-corrected chi connectivity index (χ1v) is 6.76. The molecule has 0 radical (unpaired) electrons. The fourth-order valence-corrected chi connectivity index (χ4v) is 3.09. The molecular weight excluding hydrogens is 238 g/mol. The van der Waals surface area contributed by atoms with Crippen molar-refractivity contribution in [2.75, 3.05) is 42.5 Å². The third kappa shape index (κ3) is 2.12. The molecule has 3 rings (SSSR count). The van der Waals surface area contributed by atoms with Crippen LogP contribution in [0.3, 0.4) is 0 Å². The van der Waals surface area contributed by atoms with Crippen molar-refractivity contribution in [1.29, 1.82) is 0 Å². The second-order valence-electron chi connectivity index (χ2n) is 4.25. The van der Waals surface area contributed by atoms with Gasteiger partial charge in [0.15, 0.2) is 0 Å². The van der Waals surface area contributed by atoms with Gasteiger partial charge in [0.2, 0.25) is 16.2 Å². The van der Waals surface area contributed by atoms with Crippen LogP contribution >= 0.6 is 11.3 Å². The number of carbonyl (C=O) groups is 1. The van der Waals surface area contributed by atoms with Gasteiger partial charge in [-0.1, -0.05) is 11.3 Å². The van der Waals surface area contributed by atoms with Gasteiger partial charge in [0, 0.05) is 39.1 Å². The van der Waals surface area contributed by atoms with Gasteiger partial charge in [0.1, 0.15) is 0 Å². The number of aromatic nitrogens is 2. The van der Waals surface area contributed by atoms with Crippen LogP contribution in [0.15, 0.2) is 0 Å². The van der Waals surface area contributed by atoms with Crippen LogP contribution in [0.1, 0.15) is 12.8 Å². The maximum atomic E-state index is 11.6. The molecule has 1 aromatic rings. The van der Waals surface area contributed by atoms with Crippen LogP contribution in [0.4, 0.5) is 10.3 Å². The van der Waals surface area contributed by atoms with Gasteiger partial charge < -0.3 is 10.2 Å². The monoisotopic (exact) mass is 253 g/mol. The first kappa shape index (κ1) is 10.9. The number of nitrogens with zero attached hydrogens (tertiary/aromatic N) is 4. The molecule has 0 bridgehead atoms. The summed E-state index contributed by atoms with van der Waals surface area (Å²) < 4.78 is 0. The van der Waals surface area contributed by atoms with Gasteiger partial charge in [-0.05, 0) is 6.42 Å². The van der Waals surface area contributed by atoms with Crippen LogP contribution in [-0.2, 0) is 4.79 Å². The minimum atomic E-state index is 0.174. The van der Waals surface area contributed by atoms with Crippen molar-refractivity contribution >= 4 is 27.5 Å². The Morgan fingerprint density at radius 3 is 2.59 bits per heavy atom. The third-order valence-corrected chi connectivity index (χ3v) is 4.10. The molecule has 2 fully saturated rings. The Morgan fingerprint density at radius 1 is 1.12 bits per heavy atom. The van der Waals surface area contributed by atoms with Gasteiger partial charge in [0.25, 0.3) is 0 Å². The summed E-state index contributed by atoms with van der Waals surface area (Å²) in [6.07, 6.45) is 1.57. The number of piperazine rings is 1. The van der Waals surface area contributed by atoms with E-state index in [2.05, 4.69) is 20.4 Å². The number of hydrogen-bond donors (Lipinski definition) is 1. The molecule has 17 heavy (non-hydrogen) atoms. The fourth-order valence-electron chi connectivity index (χ4n) is 2.15. The predicted octanol–water partition coefficient (Wildman–Crippen LogP) is 0.0745. The normalized spacial score (nSPS) is 21.3. The fraction of sp³-hybridized carbons (Fsp3) is 0.700. The summed E-state index contributed by atoms with van der Waals surface area (Å²) in [5, 5.41) is 13.3. The van der Waals surface area contributed by atoms with E-state index in [1.165, 1.54) is 11.3 Å². The lowest BCUT2D eigenvalue weighted by Crippen LogP contribution is -2.43. The molecule has 0 unspecified atom stereocenters. The van der Waals surface area contributed by atoms with Gasteiger partial charge in [-0.2, -0.15) is 0 Å². The van der Waals surface area contributed by atoms with Crippen molar-refractivity contribution in [3.05, 3.63) is 0 Å². The number of anilines is 2. The molecule has 1 N–H and O–H groups in total. The molecule has 7 heteroatoms. The van der Waals surface area contributed by atoms with E-state index < -0.39 is 0 Å². The zero-order valence-electron chi connectivity index (χ0n) is 9.56. The van der Waals surface area contributed by atoms with Crippen LogP contribution in [0.2, 0.25) is 0 Å². The van der Waals surface area contributed by atoms with Crippen LogP contribution in [0.25, 0.3) is 0 Å². The van der Waals surface area contributed by atoms with E-state index in [9.17, 15) is 4.79 Å². The first-order chi connectivity index (χ1) is 8.34. The lowest BCUT2D eigenvalue weighted by Gasteiger charge is -2.26. The minimum absolute atomic E-state index is 0.174. The first-order valence-electron chi connectivity index (χ1n) is 5.94. The summed E-state index contributed by atoms with van der Waals surface area (Å²) in [4.78, 5) is 15.6. The third-order valence-electron chi connectivity index (χ3n) is 3.10. The second kappa shape index (κ2) is 4.58. The van der Waals surface area contributed by atoms with E-state index >= 15 is 0 Å². The van der Waals surface area contributed by atoms with Gasteiger partial charge in [0.05, 0.1) is 0 Å². The standard InChI is InChI=1S/C10H15N5OS/c16-8-2-1-5-15(8)10-13-12-9(17-10)14-6-3-11-4-7-14/h11H,1-7H2. The average Bonchev–Trinajstić information content (AvgIpc) is 2.98. The van der Waals surface area contributed by atoms with Gasteiger partial charge in [-0.25, -0.2) is 0 Å². The molecule has 92 valence electrons. The van der Waals surface area contributed by atoms with Crippen molar-refractivity contribution in [3.8, 4) is 0 Å². The molecule has 3 heterocycles. The predicted molar refractivity (Wildman–Crippen MR) is 66.6 cm³/mol. The summed E-state index contributed by atoms with van der Waals surface area (Å²) in [5.41, 5.74) is 0. The molecule has 6 nitrogen and oxygen atoms in total. The molecule has 2 aliphatic heterocycles. The molecule has 1 aromatic heterocycles. The maximum absolute atomic E-state index is 11.6. The Balaban J connectivity index is 1.75. The van der Waals surface area contributed by atoms with E-state index in [0.717, 1.165) is 49.4 Å². The van der Waals surface area contributed by atoms with Crippen LogP contribution < -0.4 is 15.1 Å². The van der Waals surface area contributed by atoms with Crippen molar-refractivity contribution < 1.29 is 4.79 Å². The topological polar surface area (TPSA) is 61.4 Å². The zero-order valence-corrected chi connectivity index (χ0v) is 10.4. The minimum Gasteiger partial charge on any atom is -0.344 e. The summed E-state index contributed by atoms with van der Waals surface area (Å²) in [6, 6.07) is 0. The summed E-state index contributed by atoms with van der Waals surface area (Å²) in [5.74, 6) is 0.174. The number of amides is 1. The molecular formula is C10H15N5OS.